The van der Waals surface area contributed by atoms with Crippen molar-refractivity contribution in [1.82, 2.24) is 14.8 Å². The number of ketones is 1. The van der Waals surface area contributed by atoms with Crippen molar-refractivity contribution in [1.29, 1.82) is 0 Å². The van der Waals surface area contributed by atoms with E-state index in [2.05, 4.69) is 27.1 Å². The summed E-state index contributed by atoms with van der Waals surface area (Å²) in [4.78, 5) is 29.0. The van der Waals surface area contributed by atoms with E-state index in [0.29, 0.717) is 17.5 Å². The zero-order valence-corrected chi connectivity index (χ0v) is 17.3. The predicted octanol–water partition coefficient (Wildman–Crippen LogP) is 2.82. The lowest BCUT2D eigenvalue weighted by atomic mass is 9.81. The zero-order chi connectivity index (χ0) is 20.5. The molecule has 0 radical (unpaired) electrons. The highest BCUT2D eigenvalue weighted by atomic mass is 32.2. The van der Waals surface area contributed by atoms with Gasteiger partial charge in [-0.15, -0.1) is 5.10 Å². The number of anilines is 1. The molecule has 29 heavy (non-hydrogen) atoms. The van der Waals surface area contributed by atoms with E-state index in [0.717, 1.165) is 29.0 Å². The van der Waals surface area contributed by atoms with E-state index in [1.807, 2.05) is 24.3 Å². The third-order valence-corrected chi connectivity index (χ3v) is 5.89. The Bertz CT molecular complexity index is 983. The van der Waals surface area contributed by atoms with Crippen molar-refractivity contribution >= 4 is 29.5 Å². The normalized spacial score (nSPS) is 20.6. The van der Waals surface area contributed by atoms with E-state index in [1.165, 1.54) is 18.9 Å². The number of aromatic nitrogens is 3. The first-order valence-corrected chi connectivity index (χ1v) is 10.3. The molecule has 1 aromatic heterocycles. The molecule has 1 aliphatic carbocycles. The number of carbonyl (C=O) groups excluding carboxylic acids is 2. The van der Waals surface area contributed by atoms with Gasteiger partial charge in [0.1, 0.15) is 11.8 Å². The molecule has 2 atom stereocenters. The molecule has 0 spiro atoms. The summed E-state index contributed by atoms with van der Waals surface area (Å²) in [5.41, 5.74) is 2.56. The molecule has 0 unspecified atom stereocenters. The number of ether oxygens (including phenoxy) is 2. The van der Waals surface area contributed by atoms with Gasteiger partial charge in [-0.1, -0.05) is 30.8 Å². The summed E-state index contributed by atoms with van der Waals surface area (Å²) in [5, 5.41) is 8.34. The second-order valence-corrected chi connectivity index (χ2v) is 8.10. The van der Waals surface area contributed by atoms with Crippen molar-refractivity contribution < 1.29 is 19.1 Å². The van der Waals surface area contributed by atoms with Gasteiger partial charge in [-0.25, -0.2) is 4.68 Å². The van der Waals surface area contributed by atoms with Crippen LogP contribution in [-0.4, -0.2) is 46.5 Å². The van der Waals surface area contributed by atoms with Crippen LogP contribution in [0.3, 0.4) is 0 Å². The highest BCUT2D eigenvalue weighted by Gasteiger charge is 2.38. The molecule has 2 aromatic rings. The molecule has 0 fully saturated rings. The van der Waals surface area contributed by atoms with Crippen LogP contribution in [0.25, 0.3) is 0 Å². The van der Waals surface area contributed by atoms with Gasteiger partial charge in [0.25, 0.3) is 0 Å². The van der Waals surface area contributed by atoms with Gasteiger partial charge in [-0.3, -0.25) is 9.59 Å². The minimum Gasteiger partial charge on any atom is -0.497 e. The zero-order valence-electron chi connectivity index (χ0n) is 16.5. The summed E-state index contributed by atoms with van der Waals surface area (Å²) in [6.45, 7) is 2.07. The number of Topliss-reactive ketones (excluding diaryl/α,β-unsaturated/α-hetero) is 1. The Labute approximate surface area is 172 Å². The molecule has 0 bridgehead atoms. The van der Waals surface area contributed by atoms with Crippen LogP contribution in [0.2, 0.25) is 0 Å². The van der Waals surface area contributed by atoms with Crippen LogP contribution in [0.1, 0.15) is 31.4 Å². The lowest BCUT2D eigenvalue weighted by Crippen LogP contribution is -2.33. The van der Waals surface area contributed by atoms with E-state index in [4.69, 9.17) is 4.74 Å². The van der Waals surface area contributed by atoms with Gasteiger partial charge < -0.3 is 14.8 Å². The van der Waals surface area contributed by atoms with Gasteiger partial charge in [-0.2, -0.15) is 4.98 Å². The van der Waals surface area contributed by atoms with Crippen LogP contribution >= 0.6 is 11.8 Å². The maximum atomic E-state index is 13.0. The summed E-state index contributed by atoms with van der Waals surface area (Å²) >= 11 is 1.20. The van der Waals surface area contributed by atoms with E-state index >= 15 is 0 Å². The first kappa shape index (κ1) is 19.5. The number of nitrogens with zero attached hydrogens (tertiary/aromatic N) is 3. The molecule has 1 aliphatic heterocycles. The molecule has 8 nitrogen and oxygen atoms in total. The van der Waals surface area contributed by atoms with Crippen molar-refractivity contribution in [2.45, 2.75) is 31.0 Å². The number of fused-ring (bicyclic) bond motifs is 1. The Balaban J connectivity index is 1.75. The average Bonchev–Trinajstić information content (AvgIpc) is 3.12. The quantitative estimate of drug-likeness (QED) is 0.589. The molecule has 152 valence electrons. The average molecular weight is 414 g/mol. The third kappa shape index (κ3) is 3.74. The number of carbonyl (C=O) groups is 2. The molecule has 0 amide bonds. The van der Waals surface area contributed by atoms with Crippen LogP contribution in [-0.2, 0) is 14.3 Å². The second kappa shape index (κ2) is 7.90. The number of hydrogen-bond acceptors (Lipinski definition) is 8. The minimum atomic E-state index is -0.368. The van der Waals surface area contributed by atoms with Crippen LogP contribution in [0.5, 0.6) is 5.75 Å². The maximum Gasteiger partial charge on any atom is 0.316 e. The van der Waals surface area contributed by atoms with Gasteiger partial charge in [0.2, 0.25) is 11.1 Å². The minimum absolute atomic E-state index is 0.121. The number of esters is 1. The lowest BCUT2D eigenvalue weighted by Gasteiger charge is -2.34. The Kier molecular flexibility index (Phi) is 5.31. The molecule has 1 N–H and O–H groups in total. The monoisotopic (exact) mass is 414 g/mol. The van der Waals surface area contributed by atoms with Crippen LogP contribution in [0.15, 0.2) is 40.7 Å². The van der Waals surface area contributed by atoms with E-state index in [1.54, 1.807) is 11.8 Å². The van der Waals surface area contributed by atoms with Crippen LogP contribution in [0.4, 0.5) is 5.95 Å². The van der Waals surface area contributed by atoms with Gasteiger partial charge in [0, 0.05) is 17.7 Å². The van der Waals surface area contributed by atoms with Gasteiger partial charge in [0.15, 0.2) is 5.78 Å². The Morgan fingerprint density at radius 1 is 1.28 bits per heavy atom. The standard InChI is InChI=1S/C20H22N4O4S/c1-11-8-14-17(15(25)9-11)18(12-4-6-13(27-2)7-5-12)24-19(21-14)22-20(23-24)29-10-16(26)28-3/h4-7,11,18H,8-10H2,1-3H3,(H,21,22,23)/t11-,18-/m0/s1. The topological polar surface area (TPSA) is 95.3 Å². The third-order valence-electron chi connectivity index (χ3n) is 5.08. The SMILES string of the molecule is COC(=O)CSc1nc2n(n1)[C@@H](c1ccc(OC)cc1)C1=C(C[C@H](C)CC1=O)N2. The fourth-order valence-electron chi connectivity index (χ4n) is 3.73. The maximum absolute atomic E-state index is 13.0. The van der Waals surface area contributed by atoms with Crippen molar-refractivity contribution in [2.24, 2.45) is 5.92 Å². The molecule has 0 saturated heterocycles. The Morgan fingerprint density at radius 2 is 2.03 bits per heavy atom. The Hall–Kier alpha value is -2.81. The Morgan fingerprint density at radius 3 is 2.72 bits per heavy atom. The van der Waals surface area contributed by atoms with Crippen LogP contribution < -0.4 is 10.1 Å². The smallest absolute Gasteiger partial charge is 0.316 e. The molecular weight excluding hydrogens is 392 g/mol. The summed E-state index contributed by atoms with van der Waals surface area (Å²) in [7, 11) is 2.97. The second-order valence-electron chi connectivity index (χ2n) is 7.16. The number of methoxy groups -OCH3 is 2. The van der Waals surface area contributed by atoms with Gasteiger partial charge >= 0.3 is 5.97 Å². The largest absolute Gasteiger partial charge is 0.497 e. The van der Waals surface area contributed by atoms with Crippen LogP contribution in [0, 0.1) is 5.92 Å². The van der Waals surface area contributed by atoms with Crippen molar-refractivity contribution in [3.8, 4) is 5.75 Å². The van der Waals surface area contributed by atoms with E-state index in [9.17, 15) is 9.59 Å². The first-order chi connectivity index (χ1) is 14.0. The molecule has 2 aliphatic rings. The molecule has 0 saturated carbocycles. The van der Waals surface area contributed by atoms with Gasteiger partial charge in [0.05, 0.1) is 20.0 Å². The summed E-state index contributed by atoms with van der Waals surface area (Å²) < 4.78 is 11.7. The van der Waals surface area contributed by atoms with Crippen molar-refractivity contribution in [3.05, 3.63) is 41.1 Å². The molecule has 4 rings (SSSR count). The fraction of sp³-hybridized carbons (Fsp3) is 0.400. The molecular formula is C20H22N4O4S. The number of rotatable bonds is 5. The number of benzene rings is 1. The molecule has 1 aromatic carbocycles. The highest BCUT2D eigenvalue weighted by Crippen LogP contribution is 2.42. The summed E-state index contributed by atoms with van der Waals surface area (Å²) in [6, 6.07) is 7.26. The van der Waals surface area contributed by atoms with Crippen molar-refractivity contribution in [2.75, 3.05) is 25.3 Å². The number of nitrogens with one attached hydrogen (secondary N) is 1. The number of thioether (sulfide) groups is 1. The fourth-order valence-corrected chi connectivity index (χ4v) is 4.39. The van der Waals surface area contributed by atoms with Gasteiger partial charge in [-0.05, 0) is 30.0 Å². The number of allylic oxidation sites excluding steroid dienone is 2. The summed E-state index contributed by atoms with van der Waals surface area (Å²) in [6.07, 6.45) is 1.30. The molecule has 9 heteroatoms. The van der Waals surface area contributed by atoms with E-state index in [-0.39, 0.29) is 29.5 Å². The van der Waals surface area contributed by atoms with E-state index < -0.39 is 0 Å². The highest BCUT2D eigenvalue weighted by molar-refractivity contribution is 7.99. The number of hydrogen-bond donors (Lipinski definition) is 1. The lowest BCUT2D eigenvalue weighted by molar-refractivity contribution is -0.137. The summed E-state index contributed by atoms with van der Waals surface area (Å²) in [5.74, 6) is 1.48. The first-order valence-electron chi connectivity index (χ1n) is 9.33. The predicted molar refractivity (Wildman–Crippen MR) is 108 cm³/mol. The van der Waals surface area contributed by atoms with Crippen molar-refractivity contribution in [3.63, 3.8) is 0 Å². The molecule has 2 heterocycles.